The maximum atomic E-state index is 11.1. The molecular weight excluding hydrogens is 350 g/mol. The van der Waals surface area contributed by atoms with Crippen molar-refractivity contribution in [2.24, 2.45) is 0 Å². The van der Waals surface area contributed by atoms with E-state index in [1.165, 1.54) is 24.3 Å². The van der Waals surface area contributed by atoms with Gasteiger partial charge >= 0.3 is 0 Å². The maximum Gasteiger partial charge on any atom is 0.294 e. The minimum atomic E-state index is -4.25. The van der Waals surface area contributed by atoms with E-state index >= 15 is 0 Å². The fourth-order valence-electron chi connectivity index (χ4n) is 2.16. The Labute approximate surface area is 144 Å². The first kappa shape index (κ1) is 18.5. The van der Waals surface area contributed by atoms with Crippen molar-refractivity contribution in [3.63, 3.8) is 0 Å². The van der Waals surface area contributed by atoms with Gasteiger partial charge in [0.2, 0.25) is 5.95 Å². The topological polar surface area (TPSA) is 161 Å². The summed E-state index contributed by atoms with van der Waals surface area (Å²) >= 11 is 0. The SMILES string of the molecule is CCCc1cc(CS(=O)(=O)O)nc(Nc2ccc(N)c([N+](=O)[O-])c2)n1. The number of nitrogens with zero attached hydrogens (tertiary/aromatic N) is 3. The van der Waals surface area contributed by atoms with Crippen molar-refractivity contribution in [2.45, 2.75) is 25.5 Å². The molecule has 10 nitrogen and oxygen atoms in total. The summed E-state index contributed by atoms with van der Waals surface area (Å²) in [5.74, 6) is -0.577. The number of aryl methyl sites for hydroxylation is 1. The molecule has 0 amide bonds. The predicted octanol–water partition coefficient (Wildman–Crippen LogP) is 2.05. The Morgan fingerprint density at radius 2 is 1.96 bits per heavy atom. The van der Waals surface area contributed by atoms with Gasteiger partial charge in [0.15, 0.2) is 0 Å². The lowest BCUT2D eigenvalue weighted by atomic mass is 10.2. The molecule has 25 heavy (non-hydrogen) atoms. The number of aromatic nitrogens is 2. The lowest BCUT2D eigenvalue weighted by molar-refractivity contribution is -0.383. The summed E-state index contributed by atoms with van der Waals surface area (Å²) < 4.78 is 31.2. The molecule has 134 valence electrons. The van der Waals surface area contributed by atoms with Crippen molar-refractivity contribution in [2.75, 3.05) is 11.1 Å². The highest BCUT2D eigenvalue weighted by molar-refractivity contribution is 7.85. The van der Waals surface area contributed by atoms with Crippen LogP contribution in [-0.2, 0) is 22.3 Å². The molecule has 0 bridgehead atoms. The summed E-state index contributed by atoms with van der Waals surface area (Å²) in [6.45, 7) is 1.93. The molecule has 1 heterocycles. The van der Waals surface area contributed by atoms with Crippen LogP contribution < -0.4 is 11.1 Å². The third-order valence-corrected chi connectivity index (χ3v) is 3.81. The number of nitro groups is 1. The zero-order valence-corrected chi connectivity index (χ0v) is 14.2. The van der Waals surface area contributed by atoms with Crippen LogP contribution in [0.5, 0.6) is 0 Å². The molecule has 0 fully saturated rings. The van der Waals surface area contributed by atoms with Gasteiger partial charge in [-0.2, -0.15) is 8.42 Å². The van der Waals surface area contributed by atoms with Gasteiger partial charge in [0.05, 0.1) is 10.6 Å². The van der Waals surface area contributed by atoms with E-state index in [1.807, 2.05) is 6.92 Å². The van der Waals surface area contributed by atoms with E-state index in [0.717, 1.165) is 6.42 Å². The second-order valence-corrected chi connectivity index (χ2v) is 6.76. The van der Waals surface area contributed by atoms with E-state index in [-0.39, 0.29) is 23.0 Å². The van der Waals surface area contributed by atoms with Gasteiger partial charge < -0.3 is 11.1 Å². The first-order chi connectivity index (χ1) is 11.7. The van der Waals surface area contributed by atoms with E-state index in [1.54, 1.807) is 0 Å². The van der Waals surface area contributed by atoms with Gasteiger partial charge in [-0.05, 0) is 24.6 Å². The zero-order chi connectivity index (χ0) is 18.6. The predicted molar refractivity (Wildman–Crippen MR) is 92.1 cm³/mol. The summed E-state index contributed by atoms with van der Waals surface area (Å²) in [5, 5.41) is 13.7. The minimum Gasteiger partial charge on any atom is -0.393 e. The minimum absolute atomic E-state index is 0.0169. The van der Waals surface area contributed by atoms with Crippen molar-refractivity contribution < 1.29 is 17.9 Å². The summed E-state index contributed by atoms with van der Waals surface area (Å²) in [6.07, 6.45) is 1.35. The van der Waals surface area contributed by atoms with Crippen molar-refractivity contribution in [3.8, 4) is 0 Å². The fourth-order valence-corrected chi connectivity index (χ4v) is 2.69. The summed E-state index contributed by atoms with van der Waals surface area (Å²) in [4.78, 5) is 18.6. The van der Waals surface area contributed by atoms with Gasteiger partial charge in [-0.1, -0.05) is 13.3 Å². The monoisotopic (exact) mass is 367 g/mol. The van der Waals surface area contributed by atoms with Gasteiger partial charge in [0, 0.05) is 17.4 Å². The number of hydrogen-bond acceptors (Lipinski definition) is 8. The van der Waals surface area contributed by atoms with Crippen LogP contribution in [0.2, 0.25) is 0 Å². The second-order valence-electron chi connectivity index (χ2n) is 5.31. The molecule has 2 aromatic rings. The fraction of sp³-hybridized carbons (Fsp3) is 0.286. The average molecular weight is 367 g/mol. The molecule has 1 aromatic carbocycles. The molecule has 0 atom stereocenters. The van der Waals surface area contributed by atoms with Gasteiger partial charge in [-0.25, -0.2) is 9.97 Å². The van der Waals surface area contributed by atoms with Crippen LogP contribution in [0.3, 0.4) is 0 Å². The van der Waals surface area contributed by atoms with Gasteiger partial charge in [-0.3, -0.25) is 14.7 Å². The Kier molecular flexibility index (Phi) is 5.49. The lowest BCUT2D eigenvalue weighted by Gasteiger charge is -2.09. The number of rotatable bonds is 7. The van der Waals surface area contributed by atoms with Crippen LogP contribution in [0.15, 0.2) is 24.3 Å². The van der Waals surface area contributed by atoms with E-state index in [4.69, 9.17) is 10.3 Å². The summed E-state index contributed by atoms with van der Waals surface area (Å²) in [5.41, 5.74) is 6.32. The van der Waals surface area contributed by atoms with Crippen molar-refractivity contribution in [1.29, 1.82) is 0 Å². The quantitative estimate of drug-likeness (QED) is 0.288. The van der Waals surface area contributed by atoms with E-state index in [2.05, 4.69) is 15.3 Å². The van der Waals surface area contributed by atoms with Gasteiger partial charge in [0.25, 0.3) is 15.8 Å². The molecule has 4 N–H and O–H groups in total. The van der Waals surface area contributed by atoms with Crippen molar-refractivity contribution in [3.05, 3.63) is 45.8 Å². The highest BCUT2D eigenvalue weighted by atomic mass is 32.2. The molecule has 1 aromatic heterocycles. The zero-order valence-electron chi connectivity index (χ0n) is 13.3. The standard InChI is InChI=1S/C14H17N5O5S/c1-2-3-9-6-11(8-25(22,23)24)18-14(16-9)17-10-4-5-12(15)13(7-10)19(20)21/h4-7H,2-3,8,15H2,1H3,(H,16,17,18)(H,22,23,24). The first-order valence-corrected chi connectivity index (χ1v) is 8.92. The molecule has 0 saturated carbocycles. The Balaban J connectivity index is 2.38. The first-order valence-electron chi connectivity index (χ1n) is 7.31. The van der Waals surface area contributed by atoms with Crippen molar-refractivity contribution >= 4 is 33.1 Å². The van der Waals surface area contributed by atoms with E-state index in [0.29, 0.717) is 17.8 Å². The third-order valence-electron chi connectivity index (χ3n) is 3.15. The van der Waals surface area contributed by atoms with Gasteiger partial charge in [-0.15, -0.1) is 0 Å². The Morgan fingerprint density at radius 3 is 2.56 bits per heavy atom. The molecule has 0 spiro atoms. The van der Waals surface area contributed by atoms with E-state index in [9.17, 15) is 18.5 Å². The third kappa shape index (κ3) is 5.36. The molecular formula is C14H17N5O5S. The lowest BCUT2D eigenvalue weighted by Crippen LogP contribution is -2.08. The number of nitro benzene ring substituents is 1. The molecule has 0 aliphatic carbocycles. The number of nitrogen functional groups attached to an aromatic ring is 1. The van der Waals surface area contributed by atoms with E-state index < -0.39 is 20.8 Å². The molecule has 0 aliphatic heterocycles. The molecule has 0 aliphatic rings. The van der Waals surface area contributed by atoms with Crippen LogP contribution in [0.25, 0.3) is 0 Å². The Hall–Kier alpha value is -2.79. The van der Waals surface area contributed by atoms with Crippen LogP contribution in [-0.4, -0.2) is 27.9 Å². The van der Waals surface area contributed by atoms with Crippen LogP contribution in [0, 0.1) is 10.1 Å². The highest BCUT2D eigenvalue weighted by Gasteiger charge is 2.14. The normalized spacial score (nSPS) is 11.3. The number of hydrogen-bond donors (Lipinski definition) is 3. The Morgan fingerprint density at radius 1 is 1.28 bits per heavy atom. The molecule has 0 unspecified atom stereocenters. The maximum absolute atomic E-state index is 11.1. The molecule has 11 heteroatoms. The summed E-state index contributed by atoms with van der Waals surface area (Å²) in [6, 6.07) is 5.61. The second kappa shape index (κ2) is 7.40. The number of benzene rings is 1. The molecule has 0 radical (unpaired) electrons. The Bertz CT molecular complexity index is 900. The van der Waals surface area contributed by atoms with Crippen LogP contribution >= 0.6 is 0 Å². The number of nitrogens with two attached hydrogens (primary N) is 1. The smallest absolute Gasteiger partial charge is 0.294 e. The largest absolute Gasteiger partial charge is 0.393 e. The molecule has 0 saturated heterocycles. The number of anilines is 3. The molecule has 2 rings (SSSR count). The van der Waals surface area contributed by atoms with Crippen molar-refractivity contribution in [1.82, 2.24) is 9.97 Å². The average Bonchev–Trinajstić information content (AvgIpc) is 2.47. The van der Waals surface area contributed by atoms with Gasteiger partial charge in [0.1, 0.15) is 11.4 Å². The summed E-state index contributed by atoms with van der Waals surface area (Å²) in [7, 11) is -4.25. The highest BCUT2D eigenvalue weighted by Crippen LogP contribution is 2.26. The number of nitrogens with one attached hydrogen (secondary N) is 1. The van der Waals surface area contributed by atoms with Crippen LogP contribution in [0.1, 0.15) is 24.7 Å². The van der Waals surface area contributed by atoms with Crippen LogP contribution in [0.4, 0.5) is 23.0 Å².